The largest absolute Gasteiger partial charge is 0.331 e. The molecule has 0 unspecified atom stereocenters. The lowest BCUT2D eigenvalue weighted by Gasteiger charge is -2.20. The average molecular weight is 302 g/mol. The van der Waals surface area contributed by atoms with Gasteiger partial charge in [0.2, 0.25) is 0 Å². The summed E-state index contributed by atoms with van der Waals surface area (Å²) in [6.07, 6.45) is 5.50. The van der Waals surface area contributed by atoms with Crippen LogP contribution in [0.4, 0.5) is 0 Å². The summed E-state index contributed by atoms with van der Waals surface area (Å²) in [7, 11) is -2.34. The van der Waals surface area contributed by atoms with Gasteiger partial charge in [-0.05, 0) is 12.8 Å². The van der Waals surface area contributed by atoms with Crippen molar-refractivity contribution in [2.45, 2.75) is 50.5 Å². The third-order valence-corrected chi connectivity index (χ3v) is 4.40. The first-order valence-corrected chi connectivity index (χ1v) is 8.65. The molecule has 0 saturated heterocycles. The highest BCUT2D eigenvalue weighted by molar-refractivity contribution is 7.90. The van der Waals surface area contributed by atoms with Crippen molar-refractivity contribution in [1.82, 2.24) is 9.13 Å². The SMILES string of the molecule is CCCC(CCC)n1cc(S(C)(=O)=O)c(=O)n(C)c1=O. The Bertz CT molecular complexity index is 679. The van der Waals surface area contributed by atoms with Crippen molar-refractivity contribution in [2.75, 3.05) is 6.26 Å². The molecule has 0 radical (unpaired) electrons. The van der Waals surface area contributed by atoms with E-state index in [-0.39, 0.29) is 10.9 Å². The molecule has 0 N–H and O–H groups in total. The monoisotopic (exact) mass is 302 g/mol. The summed E-state index contributed by atoms with van der Waals surface area (Å²) in [5, 5.41) is 0. The minimum absolute atomic E-state index is 0.0789. The van der Waals surface area contributed by atoms with E-state index in [1.54, 1.807) is 0 Å². The molecule has 0 aliphatic rings. The second-order valence-electron chi connectivity index (χ2n) is 5.05. The zero-order valence-corrected chi connectivity index (χ0v) is 13.2. The van der Waals surface area contributed by atoms with E-state index in [1.807, 2.05) is 13.8 Å². The van der Waals surface area contributed by atoms with Gasteiger partial charge >= 0.3 is 5.69 Å². The molecule has 0 aliphatic carbocycles. The van der Waals surface area contributed by atoms with Gasteiger partial charge in [0.15, 0.2) is 9.84 Å². The maximum atomic E-state index is 12.2. The van der Waals surface area contributed by atoms with Crippen LogP contribution in [0, 0.1) is 0 Å². The summed E-state index contributed by atoms with van der Waals surface area (Å²) < 4.78 is 25.6. The second-order valence-corrected chi connectivity index (χ2v) is 7.03. The molecule has 0 aromatic carbocycles. The van der Waals surface area contributed by atoms with Gasteiger partial charge in [0.05, 0.1) is 0 Å². The van der Waals surface area contributed by atoms with E-state index < -0.39 is 21.1 Å². The average Bonchev–Trinajstić information content (AvgIpc) is 2.35. The molecule has 0 amide bonds. The lowest BCUT2D eigenvalue weighted by molar-refractivity contribution is 0.394. The highest BCUT2D eigenvalue weighted by atomic mass is 32.2. The van der Waals surface area contributed by atoms with E-state index in [4.69, 9.17) is 0 Å². The Balaban J connectivity index is 3.59. The highest BCUT2D eigenvalue weighted by Crippen LogP contribution is 2.18. The maximum absolute atomic E-state index is 12.2. The van der Waals surface area contributed by atoms with Gasteiger partial charge < -0.3 is 0 Å². The Labute approximate surface area is 119 Å². The zero-order chi connectivity index (χ0) is 15.5. The van der Waals surface area contributed by atoms with Crippen LogP contribution in [0.5, 0.6) is 0 Å². The Kier molecular flexibility index (Phi) is 5.33. The standard InChI is InChI=1S/C13H22N2O4S/c1-5-7-10(8-6-2)15-9-11(20(4,18)19)12(16)14(3)13(15)17/h9-10H,5-8H2,1-4H3. The molecule has 20 heavy (non-hydrogen) atoms. The van der Waals surface area contributed by atoms with Crippen LogP contribution in [0.2, 0.25) is 0 Å². The van der Waals surface area contributed by atoms with Crippen molar-refractivity contribution < 1.29 is 8.42 Å². The van der Waals surface area contributed by atoms with E-state index in [0.717, 1.165) is 36.5 Å². The molecular weight excluding hydrogens is 280 g/mol. The smallest absolute Gasteiger partial charge is 0.296 e. The van der Waals surface area contributed by atoms with Gasteiger partial charge in [0, 0.05) is 25.5 Å². The van der Waals surface area contributed by atoms with Crippen LogP contribution in [-0.2, 0) is 16.9 Å². The first kappa shape index (κ1) is 16.7. The Morgan fingerprint density at radius 2 is 1.65 bits per heavy atom. The topological polar surface area (TPSA) is 78.1 Å². The van der Waals surface area contributed by atoms with Crippen molar-refractivity contribution in [3.8, 4) is 0 Å². The van der Waals surface area contributed by atoms with E-state index in [1.165, 1.54) is 17.8 Å². The highest BCUT2D eigenvalue weighted by Gasteiger charge is 2.20. The van der Waals surface area contributed by atoms with E-state index in [0.29, 0.717) is 0 Å². The minimum Gasteiger partial charge on any atom is -0.296 e. The van der Waals surface area contributed by atoms with Crippen LogP contribution in [0.1, 0.15) is 45.6 Å². The van der Waals surface area contributed by atoms with Gasteiger partial charge in [-0.1, -0.05) is 26.7 Å². The van der Waals surface area contributed by atoms with Crippen molar-refractivity contribution in [2.24, 2.45) is 7.05 Å². The number of nitrogens with zero attached hydrogens (tertiary/aromatic N) is 2. The predicted molar refractivity (Wildman–Crippen MR) is 77.9 cm³/mol. The number of sulfone groups is 1. The zero-order valence-electron chi connectivity index (χ0n) is 12.4. The molecular formula is C13H22N2O4S. The maximum Gasteiger partial charge on any atom is 0.331 e. The summed E-state index contributed by atoms with van der Waals surface area (Å²) in [6, 6.07) is -0.0789. The molecule has 0 atom stereocenters. The van der Waals surface area contributed by atoms with Gasteiger partial charge in [0.25, 0.3) is 5.56 Å². The predicted octanol–water partition coefficient (Wildman–Crippen LogP) is 1.09. The fourth-order valence-corrected chi connectivity index (χ4v) is 3.03. The molecule has 1 heterocycles. The van der Waals surface area contributed by atoms with Crippen molar-refractivity contribution in [3.63, 3.8) is 0 Å². The summed E-state index contributed by atoms with van der Waals surface area (Å²) in [5.41, 5.74) is -1.23. The van der Waals surface area contributed by atoms with Crippen molar-refractivity contribution in [1.29, 1.82) is 0 Å². The molecule has 1 rings (SSSR count). The summed E-state index contributed by atoms with van der Waals surface area (Å²) >= 11 is 0. The quantitative estimate of drug-likeness (QED) is 0.788. The van der Waals surface area contributed by atoms with E-state index in [2.05, 4.69) is 0 Å². The summed E-state index contributed by atoms with van der Waals surface area (Å²) in [6.45, 7) is 4.01. The van der Waals surface area contributed by atoms with Crippen LogP contribution < -0.4 is 11.2 Å². The molecule has 114 valence electrons. The fourth-order valence-electron chi connectivity index (χ4n) is 2.27. The Morgan fingerprint density at radius 1 is 1.15 bits per heavy atom. The fraction of sp³-hybridized carbons (Fsp3) is 0.692. The van der Waals surface area contributed by atoms with Crippen LogP contribution in [0.15, 0.2) is 20.7 Å². The van der Waals surface area contributed by atoms with E-state index in [9.17, 15) is 18.0 Å². The second kappa shape index (κ2) is 6.39. The number of hydrogen-bond acceptors (Lipinski definition) is 4. The number of hydrogen-bond donors (Lipinski definition) is 0. The molecule has 6 nitrogen and oxygen atoms in total. The third kappa shape index (κ3) is 3.39. The lowest BCUT2D eigenvalue weighted by Crippen LogP contribution is -2.41. The van der Waals surface area contributed by atoms with Crippen LogP contribution in [0.25, 0.3) is 0 Å². The number of rotatable bonds is 6. The van der Waals surface area contributed by atoms with Crippen molar-refractivity contribution >= 4 is 9.84 Å². The Morgan fingerprint density at radius 3 is 2.05 bits per heavy atom. The molecule has 0 bridgehead atoms. The molecule has 0 fully saturated rings. The summed E-state index contributed by atoms with van der Waals surface area (Å²) in [5.74, 6) is 0. The molecule has 0 spiro atoms. The van der Waals surface area contributed by atoms with Gasteiger partial charge in [-0.2, -0.15) is 0 Å². The lowest BCUT2D eigenvalue weighted by atomic mass is 10.1. The normalized spacial score (nSPS) is 12.1. The Hall–Kier alpha value is -1.37. The minimum atomic E-state index is -3.65. The molecule has 0 aliphatic heterocycles. The number of aromatic nitrogens is 2. The molecule has 1 aromatic rings. The van der Waals surface area contributed by atoms with Gasteiger partial charge in [-0.25, -0.2) is 13.2 Å². The van der Waals surface area contributed by atoms with E-state index >= 15 is 0 Å². The molecule has 1 aromatic heterocycles. The van der Waals surface area contributed by atoms with Gasteiger partial charge in [0.1, 0.15) is 4.90 Å². The molecule has 0 saturated carbocycles. The molecule has 7 heteroatoms. The summed E-state index contributed by atoms with van der Waals surface area (Å²) in [4.78, 5) is 23.8. The van der Waals surface area contributed by atoms with Crippen molar-refractivity contribution in [3.05, 3.63) is 27.0 Å². The first-order valence-electron chi connectivity index (χ1n) is 6.76. The van der Waals surface area contributed by atoms with Crippen LogP contribution in [0.3, 0.4) is 0 Å². The van der Waals surface area contributed by atoms with Crippen LogP contribution >= 0.6 is 0 Å². The van der Waals surface area contributed by atoms with Crippen LogP contribution in [-0.4, -0.2) is 23.8 Å². The first-order chi connectivity index (χ1) is 9.23. The van der Waals surface area contributed by atoms with Gasteiger partial charge in [-0.15, -0.1) is 0 Å². The van der Waals surface area contributed by atoms with Gasteiger partial charge in [-0.3, -0.25) is 13.9 Å². The third-order valence-electron chi connectivity index (χ3n) is 3.32.